The Bertz CT molecular complexity index is 197. The summed E-state index contributed by atoms with van der Waals surface area (Å²) in [5.41, 5.74) is 0.347. The molecule has 0 aromatic rings. The van der Waals surface area contributed by atoms with Gasteiger partial charge in [0.25, 0.3) is 0 Å². The molecule has 0 aromatic carbocycles. The summed E-state index contributed by atoms with van der Waals surface area (Å²) in [6, 6.07) is 0. The van der Waals surface area contributed by atoms with Gasteiger partial charge in [0.15, 0.2) is 0 Å². The van der Waals surface area contributed by atoms with Crippen LogP contribution in [0.15, 0.2) is 0 Å². The molecule has 0 rings (SSSR count). The van der Waals surface area contributed by atoms with E-state index >= 15 is 0 Å². The highest BCUT2D eigenvalue weighted by molar-refractivity contribution is 5.86. The van der Waals surface area contributed by atoms with Crippen LogP contribution in [0.25, 0.3) is 0 Å². The molecule has 12 heavy (non-hydrogen) atoms. The smallest absolute Gasteiger partial charge is 0.240 e. The van der Waals surface area contributed by atoms with Crippen LogP contribution in [0.4, 0.5) is 0 Å². The fourth-order valence-corrected chi connectivity index (χ4v) is 0.592. The van der Waals surface area contributed by atoms with Gasteiger partial charge >= 0.3 is 0 Å². The topological polar surface area (TPSA) is 72.2 Å². The Hall–Kier alpha value is -0.900. The van der Waals surface area contributed by atoms with E-state index < -0.39 is 10.8 Å². The summed E-state index contributed by atoms with van der Waals surface area (Å²) in [6.07, 6.45) is 1.83. The fourth-order valence-electron chi connectivity index (χ4n) is 0.592. The van der Waals surface area contributed by atoms with Crippen LogP contribution < -0.4 is 11.3 Å². The van der Waals surface area contributed by atoms with Crippen molar-refractivity contribution in [2.24, 2.45) is 16.7 Å². The van der Waals surface area contributed by atoms with Crippen LogP contribution in [0, 0.1) is 10.8 Å². The third-order valence-electron chi connectivity index (χ3n) is 2.52. The minimum atomic E-state index is -0.844. The molecule has 4 nitrogen and oxygen atoms in total. The summed E-state index contributed by atoms with van der Waals surface area (Å²) >= 11 is 0. The van der Waals surface area contributed by atoms with Gasteiger partial charge in [-0.25, -0.2) is 5.84 Å². The average molecular weight is 171 g/mol. The molecule has 0 saturated heterocycles. The minimum Gasteiger partial charge on any atom is -0.294 e. The molecular formula is C8H15N2O2. The van der Waals surface area contributed by atoms with Gasteiger partial charge in [-0.2, -0.15) is 0 Å². The van der Waals surface area contributed by atoms with Crippen molar-refractivity contribution in [2.45, 2.75) is 27.7 Å². The van der Waals surface area contributed by atoms with E-state index in [4.69, 9.17) is 5.84 Å². The van der Waals surface area contributed by atoms with Crippen LogP contribution in [-0.4, -0.2) is 12.2 Å². The lowest BCUT2D eigenvalue weighted by molar-refractivity contribution is -0.133. The highest BCUT2D eigenvalue weighted by Gasteiger charge is 2.43. The first kappa shape index (κ1) is 11.1. The number of carbonyl (C=O) groups excluding carboxylic acids is 2. The van der Waals surface area contributed by atoms with Crippen molar-refractivity contribution in [3.8, 4) is 0 Å². The monoisotopic (exact) mass is 171 g/mol. The number of hydrogen-bond donors (Lipinski definition) is 2. The maximum Gasteiger partial charge on any atom is 0.240 e. The number of nitrogens with one attached hydrogen (secondary N) is 1. The molecule has 0 heterocycles. The summed E-state index contributed by atoms with van der Waals surface area (Å²) in [4.78, 5) is 21.8. The predicted octanol–water partition coefficient (Wildman–Crippen LogP) is 0.138. The van der Waals surface area contributed by atoms with Gasteiger partial charge in [0.05, 0.1) is 5.41 Å². The van der Waals surface area contributed by atoms with Crippen LogP contribution in [0.1, 0.15) is 27.7 Å². The second-order valence-corrected chi connectivity index (χ2v) is 3.83. The molecule has 0 aliphatic carbocycles. The van der Waals surface area contributed by atoms with Gasteiger partial charge in [0, 0.05) is 5.41 Å². The molecule has 0 bridgehead atoms. The number of nitrogens with two attached hydrogens (primary N) is 1. The van der Waals surface area contributed by atoms with E-state index in [0.717, 1.165) is 0 Å². The van der Waals surface area contributed by atoms with E-state index in [2.05, 4.69) is 0 Å². The zero-order valence-corrected chi connectivity index (χ0v) is 7.89. The maximum atomic E-state index is 11.2. The van der Waals surface area contributed by atoms with Gasteiger partial charge in [-0.05, 0) is 0 Å². The molecule has 0 fully saturated rings. The Labute approximate surface area is 72.5 Å². The van der Waals surface area contributed by atoms with Crippen LogP contribution in [0.5, 0.6) is 0 Å². The Balaban J connectivity index is 4.83. The molecule has 1 amide bonds. The summed E-state index contributed by atoms with van der Waals surface area (Å²) in [5, 5.41) is 0. The lowest BCUT2D eigenvalue weighted by Gasteiger charge is -2.34. The Morgan fingerprint density at radius 1 is 1.33 bits per heavy atom. The lowest BCUT2D eigenvalue weighted by Crippen LogP contribution is -2.49. The zero-order valence-electron chi connectivity index (χ0n) is 7.89. The zero-order chi connectivity index (χ0) is 9.99. The molecular weight excluding hydrogens is 156 g/mol. The van der Waals surface area contributed by atoms with Crippen LogP contribution in [0.2, 0.25) is 0 Å². The molecule has 0 aromatic heterocycles. The first-order chi connectivity index (χ1) is 5.29. The standard InChI is InChI=1S/C8H15N2O2/c1-7(2,5-11)8(3,4)6(12)10-9/h9H2,1-4H3,(H,10,12). The maximum absolute atomic E-state index is 11.2. The molecule has 4 heteroatoms. The van der Waals surface area contributed by atoms with Crippen molar-refractivity contribution < 1.29 is 9.59 Å². The van der Waals surface area contributed by atoms with Crippen molar-refractivity contribution in [1.82, 2.24) is 5.43 Å². The molecule has 0 aliphatic heterocycles. The number of rotatable bonds is 3. The van der Waals surface area contributed by atoms with Gasteiger partial charge < -0.3 is 0 Å². The number of carbonyl (C=O) groups is 1. The van der Waals surface area contributed by atoms with E-state index in [1.165, 1.54) is 0 Å². The molecule has 3 N–H and O–H groups in total. The SMILES string of the molecule is CC(C)([C]=O)C(C)(C)C(=O)NN. The van der Waals surface area contributed by atoms with E-state index in [9.17, 15) is 9.59 Å². The van der Waals surface area contributed by atoms with Crippen molar-refractivity contribution in [3.05, 3.63) is 0 Å². The van der Waals surface area contributed by atoms with Gasteiger partial charge in [0.2, 0.25) is 12.2 Å². The van der Waals surface area contributed by atoms with Gasteiger partial charge in [-0.15, -0.1) is 0 Å². The van der Waals surface area contributed by atoms with Crippen molar-refractivity contribution in [3.63, 3.8) is 0 Å². The Morgan fingerprint density at radius 2 is 1.75 bits per heavy atom. The lowest BCUT2D eigenvalue weighted by atomic mass is 9.68. The highest BCUT2D eigenvalue weighted by atomic mass is 16.2. The Morgan fingerprint density at radius 3 is 2.00 bits per heavy atom. The normalized spacial score (nSPS) is 12.4. The van der Waals surface area contributed by atoms with E-state index in [1.807, 2.05) is 11.7 Å². The second-order valence-electron chi connectivity index (χ2n) is 3.83. The largest absolute Gasteiger partial charge is 0.294 e. The summed E-state index contributed by atoms with van der Waals surface area (Å²) < 4.78 is 0. The summed E-state index contributed by atoms with van der Waals surface area (Å²) in [6.45, 7) is 6.60. The Kier molecular flexibility index (Phi) is 2.98. The molecule has 0 aliphatic rings. The van der Waals surface area contributed by atoms with E-state index in [0.29, 0.717) is 0 Å². The average Bonchev–Trinajstić information content (AvgIpc) is 2.02. The van der Waals surface area contributed by atoms with Gasteiger partial charge in [0.1, 0.15) is 0 Å². The molecule has 1 radical (unpaired) electrons. The first-order valence-electron chi connectivity index (χ1n) is 3.70. The predicted molar refractivity (Wildman–Crippen MR) is 45.6 cm³/mol. The molecule has 0 atom stereocenters. The minimum absolute atomic E-state index is 0.365. The quantitative estimate of drug-likeness (QED) is 0.360. The third kappa shape index (κ3) is 1.64. The van der Waals surface area contributed by atoms with Crippen molar-refractivity contribution in [1.29, 1.82) is 0 Å². The van der Waals surface area contributed by atoms with Crippen LogP contribution in [0.3, 0.4) is 0 Å². The third-order valence-corrected chi connectivity index (χ3v) is 2.52. The second kappa shape index (κ2) is 3.23. The summed E-state index contributed by atoms with van der Waals surface area (Å²) in [7, 11) is 0. The van der Waals surface area contributed by atoms with E-state index in [-0.39, 0.29) is 5.91 Å². The molecule has 0 spiro atoms. The first-order valence-corrected chi connectivity index (χ1v) is 3.70. The van der Waals surface area contributed by atoms with Crippen LogP contribution in [-0.2, 0) is 9.59 Å². The van der Waals surface area contributed by atoms with Crippen LogP contribution >= 0.6 is 0 Å². The molecule has 0 saturated carbocycles. The number of hydrogen-bond acceptors (Lipinski definition) is 3. The summed E-state index contributed by atoms with van der Waals surface area (Å²) in [5.74, 6) is 4.62. The molecule has 0 unspecified atom stereocenters. The number of hydrazine groups is 1. The molecule has 69 valence electrons. The fraction of sp³-hybridized carbons (Fsp3) is 0.750. The number of amides is 1. The highest BCUT2D eigenvalue weighted by Crippen LogP contribution is 2.36. The van der Waals surface area contributed by atoms with Crippen molar-refractivity contribution >= 4 is 12.2 Å². The van der Waals surface area contributed by atoms with E-state index in [1.54, 1.807) is 27.7 Å². The van der Waals surface area contributed by atoms with Gasteiger partial charge in [-0.3, -0.25) is 15.0 Å². The van der Waals surface area contributed by atoms with Gasteiger partial charge in [-0.1, -0.05) is 27.7 Å². The van der Waals surface area contributed by atoms with Crippen molar-refractivity contribution in [2.75, 3.05) is 0 Å².